The smallest absolute Gasteiger partial charge is 0.407 e. The standard InChI is InChI=1S/C17H34N2O3/c1-12(2)15(11-19-16(20)22-17(4,5)6)10-18-9-14-7-8-21-13(14)3/h12-15,18H,7-11H2,1-6H3,(H,19,20). The van der Waals surface area contributed by atoms with Gasteiger partial charge < -0.3 is 20.1 Å². The molecular weight excluding hydrogens is 280 g/mol. The van der Waals surface area contributed by atoms with Gasteiger partial charge in [0.2, 0.25) is 0 Å². The van der Waals surface area contributed by atoms with E-state index in [9.17, 15) is 4.79 Å². The predicted octanol–water partition coefficient (Wildman–Crippen LogP) is 2.80. The van der Waals surface area contributed by atoms with Crippen LogP contribution in [0, 0.1) is 17.8 Å². The van der Waals surface area contributed by atoms with Crippen molar-refractivity contribution in [1.29, 1.82) is 0 Å². The minimum atomic E-state index is -0.450. The topological polar surface area (TPSA) is 59.6 Å². The number of amides is 1. The van der Waals surface area contributed by atoms with Crippen molar-refractivity contribution < 1.29 is 14.3 Å². The Bertz CT molecular complexity index is 339. The maximum Gasteiger partial charge on any atom is 0.407 e. The highest BCUT2D eigenvalue weighted by Crippen LogP contribution is 2.19. The average molecular weight is 314 g/mol. The fraction of sp³-hybridized carbons (Fsp3) is 0.941. The number of carbonyl (C=O) groups is 1. The Morgan fingerprint density at radius 2 is 2.00 bits per heavy atom. The third kappa shape index (κ3) is 7.45. The van der Waals surface area contributed by atoms with Crippen LogP contribution in [0.3, 0.4) is 0 Å². The molecule has 3 atom stereocenters. The summed E-state index contributed by atoms with van der Waals surface area (Å²) in [6.45, 7) is 15.5. The molecule has 1 heterocycles. The van der Waals surface area contributed by atoms with Crippen molar-refractivity contribution in [1.82, 2.24) is 10.6 Å². The molecule has 3 unspecified atom stereocenters. The van der Waals surface area contributed by atoms with Crippen LogP contribution in [0.2, 0.25) is 0 Å². The molecule has 2 N–H and O–H groups in total. The van der Waals surface area contributed by atoms with Gasteiger partial charge in [0.25, 0.3) is 0 Å². The third-order valence-corrected chi connectivity index (χ3v) is 4.20. The molecule has 1 saturated heterocycles. The molecule has 1 aliphatic heterocycles. The molecular formula is C17H34N2O3. The van der Waals surface area contributed by atoms with Gasteiger partial charge in [-0.3, -0.25) is 0 Å². The number of alkyl carbamates (subject to hydrolysis) is 1. The van der Waals surface area contributed by atoms with Gasteiger partial charge in [0.1, 0.15) is 5.60 Å². The Morgan fingerprint density at radius 1 is 1.32 bits per heavy atom. The van der Waals surface area contributed by atoms with Crippen molar-refractivity contribution >= 4 is 6.09 Å². The summed E-state index contributed by atoms with van der Waals surface area (Å²) in [5.74, 6) is 1.50. The van der Waals surface area contributed by atoms with Gasteiger partial charge in [-0.05, 0) is 58.4 Å². The SMILES string of the molecule is CC(C)C(CNCC1CCOC1C)CNC(=O)OC(C)(C)C. The fourth-order valence-electron chi connectivity index (χ4n) is 2.57. The van der Waals surface area contributed by atoms with E-state index >= 15 is 0 Å². The second-order valence-electron chi connectivity index (χ2n) is 7.67. The Balaban J connectivity index is 2.28. The summed E-state index contributed by atoms with van der Waals surface area (Å²) in [4.78, 5) is 11.7. The summed E-state index contributed by atoms with van der Waals surface area (Å²) in [7, 11) is 0. The van der Waals surface area contributed by atoms with E-state index in [1.54, 1.807) is 0 Å². The lowest BCUT2D eigenvalue weighted by molar-refractivity contribution is 0.0514. The summed E-state index contributed by atoms with van der Waals surface area (Å²) in [5, 5.41) is 6.42. The molecule has 1 amide bonds. The van der Waals surface area contributed by atoms with Gasteiger partial charge in [-0.25, -0.2) is 4.79 Å². The largest absolute Gasteiger partial charge is 0.444 e. The summed E-state index contributed by atoms with van der Waals surface area (Å²) < 4.78 is 10.9. The van der Waals surface area contributed by atoms with Crippen LogP contribution in [-0.2, 0) is 9.47 Å². The van der Waals surface area contributed by atoms with E-state index in [4.69, 9.17) is 9.47 Å². The van der Waals surface area contributed by atoms with E-state index in [-0.39, 0.29) is 6.09 Å². The number of ether oxygens (including phenoxy) is 2. The molecule has 1 fully saturated rings. The molecule has 0 spiro atoms. The lowest BCUT2D eigenvalue weighted by atomic mass is 9.95. The second kappa shape index (κ2) is 8.73. The van der Waals surface area contributed by atoms with Gasteiger partial charge in [0.05, 0.1) is 6.10 Å². The summed E-state index contributed by atoms with van der Waals surface area (Å²) in [6, 6.07) is 0. The van der Waals surface area contributed by atoms with Crippen LogP contribution in [-0.4, -0.2) is 44.0 Å². The molecule has 5 heteroatoms. The van der Waals surface area contributed by atoms with Crippen LogP contribution >= 0.6 is 0 Å². The van der Waals surface area contributed by atoms with Gasteiger partial charge >= 0.3 is 6.09 Å². The summed E-state index contributed by atoms with van der Waals surface area (Å²) in [5.41, 5.74) is -0.450. The van der Waals surface area contributed by atoms with Gasteiger partial charge in [0, 0.05) is 19.7 Å². The molecule has 0 saturated carbocycles. The normalized spacial score (nSPS) is 23.6. The molecule has 1 aliphatic rings. The van der Waals surface area contributed by atoms with Gasteiger partial charge in [0.15, 0.2) is 0 Å². The van der Waals surface area contributed by atoms with Crippen LogP contribution in [0.5, 0.6) is 0 Å². The first kappa shape index (κ1) is 19.2. The quantitative estimate of drug-likeness (QED) is 0.758. The van der Waals surface area contributed by atoms with Crippen LogP contribution in [0.15, 0.2) is 0 Å². The van der Waals surface area contributed by atoms with Crippen LogP contribution < -0.4 is 10.6 Å². The minimum absolute atomic E-state index is 0.337. The Hall–Kier alpha value is -0.810. The lowest BCUT2D eigenvalue weighted by Gasteiger charge is -2.25. The first-order chi connectivity index (χ1) is 10.2. The maximum absolute atomic E-state index is 11.7. The van der Waals surface area contributed by atoms with Crippen LogP contribution in [0.4, 0.5) is 4.79 Å². The van der Waals surface area contributed by atoms with Crippen molar-refractivity contribution in [3.8, 4) is 0 Å². The zero-order valence-corrected chi connectivity index (χ0v) is 15.1. The molecule has 0 aromatic rings. The number of nitrogens with one attached hydrogen (secondary N) is 2. The number of carbonyl (C=O) groups excluding carboxylic acids is 1. The monoisotopic (exact) mass is 314 g/mol. The molecule has 0 aromatic carbocycles. The number of hydrogen-bond donors (Lipinski definition) is 2. The maximum atomic E-state index is 11.7. The number of hydrogen-bond acceptors (Lipinski definition) is 4. The van der Waals surface area contributed by atoms with E-state index in [1.807, 2.05) is 20.8 Å². The zero-order chi connectivity index (χ0) is 16.8. The molecule has 0 aromatic heterocycles. The third-order valence-electron chi connectivity index (χ3n) is 4.20. The van der Waals surface area contributed by atoms with E-state index in [2.05, 4.69) is 31.4 Å². The zero-order valence-electron chi connectivity index (χ0n) is 15.1. The Labute approximate surface area is 135 Å². The van der Waals surface area contributed by atoms with E-state index in [1.165, 1.54) is 0 Å². The highest BCUT2D eigenvalue weighted by Gasteiger charge is 2.24. The van der Waals surface area contributed by atoms with Crippen molar-refractivity contribution in [2.24, 2.45) is 17.8 Å². The molecule has 0 radical (unpaired) electrons. The Morgan fingerprint density at radius 3 is 2.50 bits per heavy atom. The van der Waals surface area contributed by atoms with Crippen LogP contribution in [0.1, 0.15) is 48.0 Å². The molecule has 5 nitrogen and oxygen atoms in total. The van der Waals surface area contributed by atoms with E-state index in [0.717, 1.165) is 26.1 Å². The lowest BCUT2D eigenvalue weighted by Crippen LogP contribution is -2.40. The highest BCUT2D eigenvalue weighted by molar-refractivity contribution is 5.67. The summed E-state index contributed by atoms with van der Waals surface area (Å²) >= 11 is 0. The Kier molecular flexibility index (Phi) is 7.63. The van der Waals surface area contributed by atoms with Gasteiger partial charge in [-0.15, -0.1) is 0 Å². The molecule has 22 heavy (non-hydrogen) atoms. The average Bonchev–Trinajstić information content (AvgIpc) is 2.76. The van der Waals surface area contributed by atoms with Crippen molar-refractivity contribution in [3.63, 3.8) is 0 Å². The molecule has 130 valence electrons. The fourth-order valence-corrected chi connectivity index (χ4v) is 2.57. The van der Waals surface area contributed by atoms with Crippen molar-refractivity contribution in [2.45, 2.75) is 59.7 Å². The van der Waals surface area contributed by atoms with E-state index < -0.39 is 5.60 Å². The van der Waals surface area contributed by atoms with Gasteiger partial charge in [-0.1, -0.05) is 13.8 Å². The predicted molar refractivity (Wildman–Crippen MR) is 89.0 cm³/mol. The van der Waals surface area contributed by atoms with Gasteiger partial charge in [-0.2, -0.15) is 0 Å². The minimum Gasteiger partial charge on any atom is -0.444 e. The van der Waals surface area contributed by atoms with Crippen LogP contribution in [0.25, 0.3) is 0 Å². The number of rotatable bonds is 7. The first-order valence-electron chi connectivity index (χ1n) is 8.48. The molecule has 0 bridgehead atoms. The molecule has 0 aliphatic carbocycles. The first-order valence-corrected chi connectivity index (χ1v) is 8.48. The highest BCUT2D eigenvalue weighted by atomic mass is 16.6. The van der Waals surface area contributed by atoms with E-state index in [0.29, 0.717) is 30.4 Å². The van der Waals surface area contributed by atoms with Crippen molar-refractivity contribution in [2.75, 3.05) is 26.2 Å². The molecule has 1 rings (SSSR count). The van der Waals surface area contributed by atoms with Crippen molar-refractivity contribution in [3.05, 3.63) is 0 Å². The summed E-state index contributed by atoms with van der Waals surface area (Å²) in [6.07, 6.45) is 1.15. The second-order valence-corrected chi connectivity index (χ2v) is 7.67.